The molecule has 0 fully saturated rings. The maximum Gasteiger partial charge on any atom is 0.573 e. The zero-order valence-corrected chi connectivity index (χ0v) is 14.1. The summed E-state index contributed by atoms with van der Waals surface area (Å²) >= 11 is 0. The Hall–Kier alpha value is -2.46. The van der Waals surface area contributed by atoms with Crippen LogP contribution in [0.5, 0.6) is 17.2 Å². The van der Waals surface area contributed by atoms with Gasteiger partial charge in [0.05, 0.1) is 4.90 Å². The van der Waals surface area contributed by atoms with Gasteiger partial charge in [-0.05, 0) is 48.4 Å². The second-order valence-electron chi connectivity index (χ2n) is 5.35. The molecule has 1 aliphatic rings. The van der Waals surface area contributed by atoms with Crippen LogP contribution in [-0.4, -0.2) is 28.1 Å². The largest absolute Gasteiger partial charge is 0.573 e. The topological polar surface area (TPSA) is 73.9 Å². The monoisotopic (exact) mass is 389 g/mol. The van der Waals surface area contributed by atoms with Crippen LogP contribution in [0, 0.1) is 0 Å². The summed E-state index contributed by atoms with van der Waals surface area (Å²) in [5.41, 5.74) is 0.853. The van der Waals surface area contributed by atoms with E-state index in [1.807, 2.05) is 0 Å². The van der Waals surface area contributed by atoms with E-state index in [0.29, 0.717) is 17.9 Å². The standard InChI is InChI=1S/C16H14F3NO5S/c17-16(18,19)25-12-2-4-13(5-3-12)26(21,22)20-8-7-11-1-6-14-15(9-11)24-10-23-14/h1-6,9,20H,7-8,10H2. The molecule has 1 heterocycles. The number of ether oxygens (including phenoxy) is 3. The predicted molar refractivity (Wildman–Crippen MR) is 84.6 cm³/mol. The molecule has 0 saturated heterocycles. The van der Waals surface area contributed by atoms with E-state index in [2.05, 4.69) is 9.46 Å². The highest BCUT2D eigenvalue weighted by molar-refractivity contribution is 7.89. The molecule has 0 saturated carbocycles. The molecule has 26 heavy (non-hydrogen) atoms. The van der Waals surface area contributed by atoms with Gasteiger partial charge in [0.25, 0.3) is 0 Å². The summed E-state index contributed by atoms with van der Waals surface area (Å²) in [7, 11) is -3.85. The third-order valence-corrected chi connectivity index (χ3v) is 4.99. The second kappa shape index (κ2) is 7.04. The van der Waals surface area contributed by atoms with Crippen molar-refractivity contribution in [2.24, 2.45) is 0 Å². The first-order valence-electron chi connectivity index (χ1n) is 7.47. The van der Waals surface area contributed by atoms with Gasteiger partial charge in [0.15, 0.2) is 11.5 Å². The third-order valence-electron chi connectivity index (χ3n) is 3.51. The van der Waals surface area contributed by atoms with Crippen LogP contribution in [0.25, 0.3) is 0 Å². The fourth-order valence-electron chi connectivity index (χ4n) is 2.33. The number of halogens is 3. The molecule has 0 aliphatic carbocycles. The number of alkyl halides is 3. The summed E-state index contributed by atoms with van der Waals surface area (Å²) in [6.45, 7) is 0.266. The summed E-state index contributed by atoms with van der Waals surface area (Å²) < 4.78 is 77.3. The average molecular weight is 389 g/mol. The van der Waals surface area contributed by atoms with E-state index in [1.165, 1.54) is 0 Å². The zero-order valence-electron chi connectivity index (χ0n) is 13.2. The first-order valence-corrected chi connectivity index (χ1v) is 8.95. The molecule has 10 heteroatoms. The van der Waals surface area contributed by atoms with E-state index < -0.39 is 22.1 Å². The summed E-state index contributed by atoms with van der Waals surface area (Å²) in [6.07, 6.45) is -4.42. The SMILES string of the molecule is O=S(=O)(NCCc1ccc2c(c1)OCO2)c1ccc(OC(F)(F)F)cc1. The van der Waals surface area contributed by atoms with Crippen molar-refractivity contribution in [3.8, 4) is 17.2 Å². The highest BCUT2D eigenvalue weighted by Gasteiger charge is 2.31. The molecule has 140 valence electrons. The van der Waals surface area contributed by atoms with Gasteiger partial charge < -0.3 is 14.2 Å². The molecule has 2 aromatic carbocycles. The van der Waals surface area contributed by atoms with Crippen molar-refractivity contribution in [3.63, 3.8) is 0 Å². The Bertz CT molecular complexity index is 882. The van der Waals surface area contributed by atoms with Crippen molar-refractivity contribution in [1.29, 1.82) is 0 Å². The molecule has 1 aliphatic heterocycles. The van der Waals surface area contributed by atoms with Crippen molar-refractivity contribution >= 4 is 10.0 Å². The number of fused-ring (bicyclic) bond motifs is 1. The average Bonchev–Trinajstić information content (AvgIpc) is 3.01. The van der Waals surface area contributed by atoms with Gasteiger partial charge >= 0.3 is 6.36 Å². The second-order valence-corrected chi connectivity index (χ2v) is 7.12. The van der Waals surface area contributed by atoms with E-state index in [4.69, 9.17) is 9.47 Å². The smallest absolute Gasteiger partial charge is 0.454 e. The van der Waals surface area contributed by atoms with Gasteiger partial charge in [0.1, 0.15) is 5.75 Å². The van der Waals surface area contributed by atoms with Crippen LogP contribution in [0.4, 0.5) is 13.2 Å². The number of sulfonamides is 1. The molecule has 0 spiro atoms. The fourth-order valence-corrected chi connectivity index (χ4v) is 3.36. The van der Waals surface area contributed by atoms with Crippen molar-refractivity contribution < 1.29 is 35.8 Å². The zero-order chi connectivity index (χ0) is 18.8. The van der Waals surface area contributed by atoms with Crippen molar-refractivity contribution in [1.82, 2.24) is 4.72 Å². The van der Waals surface area contributed by atoms with Crippen molar-refractivity contribution in [2.45, 2.75) is 17.7 Å². The van der Waals surface area contributed by atoms with Crippen LogP contribution in [0.3, 0.4) is 0 Å². The molecular weight excluding hydrogens is 375 g/mol. The first-order chi connectivity index (χ1) is 12.2. The van der Waals surface area contributed by atoms with Gasteiger partial charge in [-0.2, -0.15) is 0 Å². The molecule has 0 unspecified atom stereocenters. The molecule has 0 aromatic heterocycles. The van der Waals surface area contributed by atoms with E-state index in [1.54, 1.807) is 18.2 Å². The highest BCUT2D eigenvalue weighted by atomic mass is 32.2. The summed E-state index contributed by atoms with van der Waals surface area (Å²) in [4.78, 5) is -0.155. The Morgan fingerprint density at radius 1 is 1.04 bits per heavy atom. The number of hydrogen-bond donors (Lipinski definition) is 1. The number of rotatable bonds is 6. The van der Waals surface area contributed by atoms with Crippen LogP contribution in [-0.2, 0) is 16.4 Å². The Labute approximate surface area is 147 Å². The van der Waals surface area contributed by atoms with E-state index in [-0.39, 0.29) is 18.2 Å². The van der Waals surface area contributed by atoms with E-state index in [0.717, 1.165) is 29.8 Å². The molecular formula is C16H14F3NO5S. The number of hydrogen-bond acceptors (Lipinski definition) is 5. The minimum absolute atomic E-state index is 0.114. The van der Waals surface area contributed by atoms with Crippen molar-refractivity contribution in [2.75, 3.05) is 13.3 Å². The predicted octanol–water partition coefficient (Wildman–Crippen LogP) is 2.83. The molecule has 0 amide bonds. The van der Waals surface area contributed by atoms with Gasteiger partial charge in [-0.25, -0.2) is 13.1 Å². The summed E-state index contributed by atoms with van der Waals surface area (Å²) in [6, 6.07) is 9.28. The lowest BCUT2D eigenvalue weighted by Crippen LogP contribution is -2.26. The highest BCUT2D eigenvalue weighted by Crippen LogP contribution is 2.32. The Morgan fingerprint density at radius 3 is 2.42 bits per heavy atom. The molecule has 3 rings (SSSR count). The molecule has 0 bridgehead atoms. The Balaban J connectivity index is 1.58. The molecule has 0 atom stereocenters. The maximum atomic E-state index is 12.2. The first kappa shape index (κ1) is 18.3. The van der Waals surface area contributed by atoms with E-state index >= 15 is 0 Å². The summed E-state index contributed by atoms with van der Waals surface area (Å²) in [5.74, 6) is 0.748. The quantitative estimate of drug-likeness (QED) is 0.823. The van der Waals surface area contributed by atoms with Crippen LogP contribution >= 0.6 is 0 Å². The van der Waals surface area contributed by atoms with E-state index in [9.17, 15) is 21.6 Å². The molecule has 2 aromatic rings. The van der Waals surface area contributed by atoms with Crippen molar-refractivity contribution in [3.05, 3.63) is 48.0 Å². The Morgan fingerprint density at radius 2 is 1.73 bits per heavy atom. The normalized spacial score (nSPS) is 13.7. The van der Waals surface area contributed by atoms with Crippen LogP contribution in [0.15, 0.2) is 47.4 Å². The Kier molecular flexibility index (Phi) is 4.97. The van der Waals surface area contributed by atoms with Crippen LogP contribution < -0.4 is 18.9 Å². The van der Waals surface area contributed by atoms with Crippen LogP contribution in [0.2, 0.25) is 0 Å². The minimum Gasteiger partial charge on any atom is -0.454 e. The minimum atomic E-state index is -4.83. The number of benzene rings is 2. The fraction of sp³-hybridized carbons (Fsp3) is 0.250. The van der Waals surface area contributed by atoms with Gasteiger partial charge in [-0.15, -0.1) is 13.2 Å². The third kappa shape index (κ3) is 4.58. The van der Waals surface area contributed by atoms with Crippen LogP contribution in [0.1, 0.15) is 5.56 Å². The molecule has 0 radical (unpaired) electrons. The lowest BCUT2D eigenvalue weighted by Gasteiger charge is -2.10. The van der Waals surface area contributed by atoms with Gasteiger partial charge in [0.2, 0.25) is 16.8 Å². The lowest BCUT2D eigenvalue weighted by atomic mass is 10.1. The molecule has 6 nitrogen and oxygen atoms in total. The van der Waals surface area contributed by atoms with Gasteiger partial charge in [-0.3, -0.25) is 0 Å². The number of nitrogens with one attached hydrogen (secondary N) is 1. The molecule has 1 N–H and O–H groups in total. The van der Waals surface area contributed by atoms with Gasteiger partial charge in [0, 0.05) is 6.54 Å². The maximum absolute atomic E-state index is 12.2. The summed E-state index contributed by atoms with van der Waals surface area (Å²) in [5, 5.41) is 0. The van der Waals surface area contributed by atoms with Gasteiger partial charge in [-0.1, -0.05) is 6.07 Å². The lowest BCUT2D eigenvalue weighted by molar-refractivity contribution is -0.274.